The van der Waals surface area contributed by atoms with Gasteiger partial charge in [0.2, 0.25) is 0 Å². The summed E-state index contributed by atoms with van der Waals surface area (Å²) in [6, 6.07) is 8.14. The van der Waals surface area contributed by atoms with Gasteiger partial charge in [0.25, 0.3) is 0 Å². The molecule has 0 aromatic heterocycles. The fourth-order valence-corrected chi connectivity index (χ4v) is 3.24. The van der Waals surface area contributed by atoms with E-state index in [2.05, 4.69) is 18.2 Å². The maximum Gasteiger partial charge on any atom is 0.155 e. The molecule has 2 atom stereocenters. The van der Waals surface area contributed by atoms with Crippen LogP contribution in [0, 0.1) is 11.8 Å². The highest BCUT2D eigenvalue weighted by Crippen LogP contribution is 2.25. The van der Waals surface area contributed by atoms with Crippen LogP contribution in [0.2, 0.25) is 0 Å². The van der Waals surface area contributed by atoms with Gasteiger partial charge in [0.05, 0.1) is 19.5 Å². The van der Waals surface area contributed by atoms with Crippen molar-refractivity contribution in [3.63, 3.8) is 0 Å². The topological polar surface area (TPSA) is 69.9 Å². The molecule has 0 radical (unpaired) electrons. The first-order valence-electron chi connectivity index (χ1n) is 9.41. The van der Waals surface area contributed by atoms with Crippen molar-refractivity contribution in [1.29, 1.82) is 0 Å². The van der Waals surface area contributed by atoms with Crippen molar-refractivity contribution >= 4 is 12.2 Å². The normalized spacial score (nSPS) is 22.6. The highest BCUT2D eigenvalue weighted by Gasteiger charge is 2.15. The summed E-state index contributed by atoms with van der Waals surface area (Å²) in [5, 5.41) is 29.0. The van der Waals surface area contributed by atoms with E-state index in [1.54, 1.807) is 19.3 Å². The molecule has 4 heteroatoms. The van der Waals surface area contributed by atoms with E-state index in [-0.39, 0.29) is 30.0 Å². The second-order valence-corrected chi connectivity index (χ2v) is 6.99. The zero-order valence-electron chi connectivity index (χ0n) is 16.0. The molecular weight excluding hydrogens is 352 g/mol. The minimum atomic E-state index is -0.186. The number of benzene rings is 1. The number of methoxy groups -OCH3 is 1. The van der Waals surface area contributed by atoms with Gasteiger partial charge in [-0.3, -0.25) is 0 Å². The molecular formula is C24H26O4. The molecule has 0 saturated heterocycles. The molecule has 28 heavy (non-hydrogen) atoms. The minimum Gasteiger partial charge on any atom is -0.512 e. The molecule has 0 bridgehead atoms. The highest BCUT2D eigenvalue weighted by molar-refractivity contribution is 5.60. The van der Waals surface area contributed by atoms with Crippen LogP contribution in [-0.2, 0) is 4.74 Å². The lowest BCUT2D eigenvalue weighted by atomic mass is 9.95. The van der Waals surface area contributed by atoms with Gasteiger partial charge in [-0.2, -0.15) is 0 Å². The Morgan fingerprint density at radius 2 is 1.93 bits per heavy atom. The lowest BCUT2D eigenvalue weighted by Gasteiger charge is -2.16. The van der Waals surface area contributed by atoms with Crippen molar-refractivity contribution in [1.82, 2.24) is 0 Å². The molecule has 1 aromatic rings. The molecule has 1 aromatic carbocycles. The molecule has 146 valence electrons. The predicted octanol–water partition coefficient (Wildman–Crippen LogP) is 5.09. The number of allylic oxidation sites excluding steroid dienone is 8. The molecule has 3 rings (SSSR count). The van der Waals surface area contributed by atoms with E-state index in [0.29, 0.717) is 18.6 Å². The third kappa shape index (κ3) is 5.05. The van der Waals surface area contributed by atoms with Crippen molar-refractivity contribution in [2.45, 2.75) is 12.8 Å². The smallest absolute Gasteiger partial charge is 0.155 e. The van der Waals surface area contributed by atoms with E-state index in [9.17, 15) is 15.3 Å². The monoisotopic (exact) mass is 378 g/mol. The van der Waals surface area contributed by atoms with E-state index in [1.165, 1.54) is 0 Å². The summed E-state index contributed by atoms with van der Waals surface area (Å²) in [7, 11) is 1.55. The molecule has 3 N–H and O–H groups in total. The fourth-order valence-electron chi connectivity index (χ4n) is 3.24. The van der Waals surface area contributed by atoms with Gasteiger partial charge in [0, 0.05) is 18.3 Å². The molecule has 0 saturated carbocycles. The minimum absolute atomic E-state index is 0.0409. The third-order valence-electron chi connectivity index (χ3n) is 4.93. The quantitative estimate of drug-likeness (QED) is 0.645. The maximum absolute atomic E-state index is 9.94. The van der Waals surface area contributed by atoms with Crippen LogP contribution < -0.4 is 0 Å². The van der Waals surface area contributed by atoms with E-state index in [1.807, 2.05) is 42.5 Å². The number of aliphatic hydroxyl groups is 3. The Balaban J connectivity index is 1.64. The standard InChI is InChI=1S/C24H26O4/c1-28-24-12-10-20(15-23(24)27)8-6-18-4-2-3-17(13-18)5-7-19-9-11-21(16-25)22(26)14-19/h2-10,12-14,20-21,25-27H,11,15-16H2,1H3/b7-5+,8-6+. The molecule has 0 aliphatic heterocycles. The SMILES string of the molecule is COC1=C(O)CC(/C=C/c2cccc(/C=C/C3=CCC(CO)C(O)=C3)c2)C=C1. The Bertz CT molecular complexity index is 884. The van der Waals surface area contributed by atoms with Crippen LogP contribution in [0.4, 0.5) is 0 Å². The predicted molar refractivity (Wildman–Crippen MR) is 112 cm³/mol. The van der Waals surface area contributed by atoms with Gasteiger partial charge in [-0.25, -0.2) is 0 Å². The Kier molecular flexibility index (Phi) is 6.56. The second kappa shape index (κ2) is 9.29. The van der Waals surface area contributed by atoms with Gasteiger partial charge in [-0.15, -0.1) is 0 Å². The van der Waals surface area contributed by atoms with E-state index >= 15 is 0 Å². The fraction of sp³-hybridized carbons (Fsp3) is 0.250. The zero-order valence-corrected chi connectivity index (χ0v) is 16.0. The highest BCUT2D eigenvalue weighted by atomic mass is 16.5. The molecule has 2 aliphatic rings. The summed E-state index contributed by atoms with van der Waals surface area (Å²) in [6.07, 6.45) is 16.8. The number of ether oxygens (including phenoxy) is 1. The largest absolute Gasteiger partial charge is 0.512 e. The van der Waals surface area contributed by atoms with Crippen LogP contribution in [-0.4, -0.2) is 29.0 Å². The van der Waals surface area contributed by atoms with Crippen LogP contribution >= 0.6 is 0 Å². The molecule has 2 unspecified atom stereocenters. The summed E-state index contributed by atoms with van der Waals surface area (Å²) < 4.78 is 5.10. The van der Waals surface area contributed by atoms with Crippen LogP contribution in [0.1, 0.15) is 24.0 Å². The van der Waals surface area contributed by atoms with Gasteiger partial charge >= 0.3 is 0 Å². The molecule has 0 fully saturated rings. The number of hydrogen-bond acceptors (Lipinski definition) is 4. The van der Waals surface area contributed by atoms with Crippen LogP contribution in [0.3, 0.4) is 0 Å². The zero-order chi connectivity index (χ0) is 19.9. The van der Waals surface area contributed by atoms with Gasteiger partial charge in [-0.05, 0) is 41.3 Å². The molecule has 0 amide bonds. The van der Waals surface area contributed by atoms with Crippen molar-refractivity contribution in [2.75, 3.05) is 13.7 Å². The average Bonchev–Trinajstić information content (AvgIpc) is 2.71. The van der Waals surface area contributed by atoms with Gasteiger partial charge in [-0.1, -0.05) is 54.7 Å². The summed E-state index contributed by atoms with van der Waals surface area (Å²) in [6.45, 7) is -0.0409. The Labute approximate surface area is 165 Å². The van der Waals surface area contributed by atoms with Crippen molar-refractivity contribution < 1.29 is 20.1 Å². The molecule has 0 spiro atoms. The Morgan fingerprint density at radius 3 is 2.61 bits per heavy atom. The van der Waals surface area contributed by atoms with Crippen molar-refractivity contribution in [3.8, 4) is 0 Å². The number of aliphatic hydroxyl groups excluding tert-OH is 3. The van der Waals surface area contributed by atoms with E-state index in [0.717, 1.165) is 16.7 Å². The first kappa shape index (κ1) is 19.8. The lowest BCUT2D eigenvalue weighted by Crippen LogP contribution is -2.11. The van der Waals surface area contributed by atoms with Gasteiger partial charge in [0.1, 0.15) is 5.76 Å². The van der Waals surface area contributed by atoms with Crippen molar-refractivity contribution in [3.05, 3.63) is 94.7 Å². The van der Waals surface area contributed by atoms with E-state index < -0.39 is 0 Å². The van der Waals surface area contributed by atoms with Gasteiger partial charge in [0.15, 0.2) is 5.76 Å². The summed E-state index contributed by atoms with van der Waals surface area (Å²) in [5.41, 5.74) is 3.07. The first-order valence-corrected chi connectivity index (χ1v) is 9.41. The second-order valence-electron chi connectivity index (χ2n) is 6.99. The number of rotatable bonds is 6. The first-order chi connectivity index (χ1) is 13.6. The molecule has 0 heterocycles. The Morgan fingerprint density at radius 1 is 1.14 bits per heavy atom. The van der Waals surface area contributed by atoms with Crippen LogP contribution in [0.25, 0.3) is 12.2 Å². The molecule has 2 aliphatic carbocycles. The molecule has 4 nitrogen and oxygen atoms in total. The Hall–Kier alpha value is -2.98. The number of hydrogen-bond donors (Lipinski definition) is 3. The van der Waals surface area contributed by atoms with Crippen LogP contribution in [0.5, 0.6) is 0 Å². The average molecular weight is 378 g/mol. The lowest BCUT2D eigenvalue weighted by molar-refractivity contribution is 0.203. The van der Waals surface area contributed by atoms with Crippen molar-refractivity contribution in [2.24, 2.45) is 11.8 Å². The summed E-state index contributed by atoms with van der Waals surface area (Å²) >= 11 is 0. The van der Waals surface area contributed by atoms with Crippen LogP contribution in [0.15, 0.2) is 83.6 Å². The summed E-state index contributed by atoms with van der Waals surface area (Å²) in [4.78, 5) is 0. The van der Waals surface area contributed by atoms with E-state index in [4.69, 9.17) is 4.74 Å². The maximum atomic E-state index is 9.94. The summed E-state index contributed by atoms with van der Waals surface area (Å²) in [5.74, 6) is 0.985. The van der Waals surface area contributed by atoms with Gasteiger partial charge < -0.3 is 20.1 Å². The third-order valence-corrected chi connectivity index (χ3v) is 4.93.